The van der Waals surface area contributed by atoms with Gasteiger partial charge < -0.3 is 16.4 Å². The smallest absolute Gasteiger partial charge is 0.261 e. The second kappa shape index (κ2) is 10.8. The first kappa shape index (κ1) is 20.2. The first-order valence-electron chi connectivity index (χ1n) is 7.56. The molecule has 7 heteroatoms. The van der Waals surface area contributed by atoms with Gasteiger partial charge in [-0.25, -0.2) is 0 Å². The van der Waals surface area contributed by atoms with Gasteiger partial charge in [0.25, 0.3) is 5.91 Å². The summed E-state index contributed by atoms with van der Waals surface area (Å²) in [6.07, 6.45) is 0.939. The topological polar surface area (TPSA) is 84.2 Å². The van der Waals surface area contributed by atoms with Crippen LogP contribution >= 0.6 is 23.7 Å². The molecule has 0 bridgehead atoms. The van der Waals surface area contributed by atoms with Crippen molar-refractivity contribution in [3.63, 3.8) is 0 Å². The van der Waals surface area contributed by atoms with Crippen LogP contribution in [-0.4, -0.2) is 24.9 Å². The molecule has 2 rings (SSSR count). The number of nitrogens with one attached hydrogen (secondary N) is 2. The average molecular weight is 368 g/mol. The number of benzene rings is 1. The molecule has 0 spiro atoms. The summed E-state index contributed by atoms with van der Waals surface area (Å²) in [7, 11) is 0. The van der Waals surface area contributed by atoms with Gasteiger partial charge >= 0.3 is 0 Å². The SMILES string of the molecule is Cl.NC(CC(=O)NCCCNC(=O)c1cccs1)c1ccccc1. The Bertz CT molecular complexity index is 620. The van der Waals surface area contributed by atoms with Crippen LogP contribution in [0, 0.1) is 0 Å². The number of halogens is 1. The lowest BCUT2D eigenvalue weighted by atomic mass is 10.0. The van der Waals surface area contributed by atoms with Crippen molar-refractivity contribution in [3.8, 4) is 0 Å². The van der Waals surface area contributed by atoms with E-state index in [4.69, 9.17) is 5.73 Å². The quantitative estimate of drug-likeness (QED) is 0.627. The number of thiophene rings is 1. The molecule has 1 aromatic heterocycles. The zero-order valence-electron chi connectivity index (χ0n) is 13.2. The molecule has 1 unspecified atom stereocenters. The normalized spacial score (nSPS) is 11.2. The first-order valence-corrected chi connectivity index (χ1v) is 8.43. The number of carbonyl (C=O) groups excluding carboxylic acids is 2. The van der Waals surface area contributed by atoms with E-state index in [1.165, 1.54) is 11.3 Å². The Kier molecular flexibility index (Phi) is 9.07. The molecule has 1 heterocycles. The van der Waals surface area contributed by atoms with Crippen molar-refractivity contribution in [2.24, 2.45) is 5.73 Å². The van der Waals surface area contributed by atoms with Crippen LogP contribution in [0.15, 0.2) is 47.8 Å². The molecule has 2 amide bonds. The molecule has 0 saturated carbocycles. The van der Waals surface area contributed by atoms with Crippen LogP contribution in [0.3, 0.4) is 0 Å². The van der Waals surface area contributed by atoms with Crippen LogP contribution in [-0.2, 0) is 4.79 Å². The Balaban J connectivity index is 0.00000288. The third-order valence-corrected chi connectivity index (χ3v) is 4.21. The molecule has 4 N–H and O–H groups in total. The fourth-order valence-corrected chi connectivity index (χ4v) is 2.74. The maximum absolute atomic E-state index is 11.8. The minimum atomic E-state index is -0.297. The Hall–Kier alpha value is -1.89. The van der Waals surface area contributed by atoms with Gasteiger partial charge in [0.15, 0.2) is 0 Å². The second-order valence-corrected chi connectivity index (χ2v) is 6.11. The summed E-state index contributed by atoms with van der Waals surface area (Å²) in [5.41, 5.74) is 6.95. The van der Waals surface area contributed by atoms with Gasteiger partial charge in [0.05, 0.1) is 4.88 Å². The molecular formula is C17H22ClN3O2S. The zero-order chi connectivity index (χ0) is 16.5. The van der Waals surface area contributed by atoms with Crippen molar-refractivity contribution in [2.45, 2.75) is 18.9 Å². The van der Waals surface area contributed by atoms with E-state index < -0.39 is 0 Å². The lowest BCUT2D eigenvalue weighted by Gasteiger charge is -2.12. The molecule has 2 aromatic rings. The average Bonchev–Trinajstić information content (AvgIpc) is 3.09. The minimum Gasteiger partial charge on any atom is -0.356 e. The summed E-state index contributed by atoms with van der Waals surface area (Å²) < 4.78 is 0. The van der Waals surface area contributed by atoms with E-state index in [-0.39, 0.29) is 36.7 Å². The first-order chi connectivity index (χ1) is 11.2. The summed E-state index contributed by atoms with van der Waals surface area (Å²) in [5.74, 6) is -0.150. The van der Waals surface area contributed by atoms with Crippen LogP contribution in [0.25, 0.3) is 0 Å². The van der Waals surface area contributed by atoms with E-state index in [1.54, 1.807) is 6.07 Å². The van der Waals surface area contributed by atoms with Crippen molar-refractivity contribution in [2.75, 3.05) is 13.1 Å². The highest BCUT2D eigenvalue weighted by molar-refractivity contribution is 7.12. The van der Waals surface area contributed by atoms with Crippen molar-refractivity contribution < 1.29 is 9.59 Å². The standard InChI is InChI=1S/C17H21N3O2S.ClH/c18-14(13-6-2-1-3-7-13)12-16(21)19-9-5-10-20-17(22)15-8-4-11-23-15;/h1-4,6-8,11,14H,5,9-10,12,18H2,(H,19,21)(H,20,22);1H. The summed E-state index contributed by atoms with van der Waals surface area (Å²) >= 11 is 1.41. The lowest BCUT2D eigenvalue weighted by molar-refractivity contribution is -0.121. The Morgan fingerprint density at radius 3 is 2.42 bits per heavy atom. The van der Waals surface area contributed by atoms with Gasteiger partial charge in [-0.2, -0.15) is 0 Å². The van der Waals surface area contributed by atoms with Gasteiger partial charge in [0, 0.05) is 25.6 Å². The number of rotatable bonds is 8. The van der Waals surface area contributed by atoms with Gasteiger partial charge in [-0.3, -0.25) is 9.59 Å². The highest BCUT2D eigenvalue weighted by Gasteiger charge is 2.11. The maximum atomic E-state index is 11.8. The molecule has 5 nitrogen and oxygen atoms in total. The number of amides is 2. The van der Waals surface area contributed by atoms with Crippen molar-refractivity contribution in [1.82, 2.24) is 10.6 Å². The number of hydrogen-bond acceptors (Lipinski definition) is 4. The predicted octanol–water partition coefficient (Wildman–Crippen LogP) is 2.50. The van der Waals surface area contributed by atoms with Crippen molar-refractivity contribution in [1.29, 1.82) is 0 Å². The summed E-state index contributed by atoms with van der Waals surface area (Å²) in [6, 6.07) is 12.9. The van der Waals surface area contributed by atoms with E-state index in [0.29, 0.717) is 24.4 Å². The summed E-state index contributed by atoms with van der Waals surface area (Å²) in [5, 5.41) is 7.51. The third-order valence-electron chi connectivity index (χ3n) is 3.34. The molecule has 1 atom stereocenters. The van der Waals surface area contributed by atoms with E-state index >= 15 is 0 Å². The highest BCUT2D eigenvalue weighted by Crippen LogP contribution is 2.12. The molecular weight excluding hydrogens is 346 g/mol. The molecule has 0 aliphatic carbocycles. The molecule has 0 aliphatic rings. The van der Waals surface area contributed by atoms with E-state index in [0.717, 1.165) is 5.56 Å². The number of hydrogen-bond donors (Lipinski definition) is 3. The second-order valence-electron chi connectivity index (χ2n) is 5.16. The van der Waals surface area contributed by atoms with Gasteiger partial charge in [-0.05, 0) is 23.4 Å². The molecule has 1 aromatic carbocycles. The number of nitrogens with two attached hydrogens (primary N) is 1. The fraction of sp³-hybridized carbons (Fsp3) is 0.294. The zero-order valence-corrected chi connectivity index (χ0v) is 14.9. The van der Waals surface area contributed by atoms with Crippen LogP contribution in [0.2, 0.25) is 0 Å². The van der Waals surface area contributed by atoms with Crippen LogP contribution in [0.4, 0.5) is 0 Å². The van der Waals surface area contributed by atoms with Gasteiger partial charge in [-0.1, -0.05) is 36.4 Å². The van der Waals surface area contributed by atoms with Crippen LogP contribution < -0.4 is 16.4 Å². The molecule has 0 aliphatic heterocycles. The maximum Gasteiger partial charge on any atom is 0.261 e. The summed E-state index contributed by atoms with van der Waals surface area (Å²) in [6.45, 7) is 1.05. The summed E-state index contributed by atoms with van der Waals surface area (Å²) in [4.78, 5) is 24.2. The van der Waals surface area contributed by atoms with Crippen LogP contribution in [0.5, 0.6) is 0 Å². The fourth-order valence-electron chi connectivity index (χ4n) is 2.10. The van der Waals surface area contributed by atoms with E-state index in [2.05, 4.69) is 10.6 Å². The highest BCUT2D eigenvalue weighted by atomic mass is 35.5. The largest absolute Gasteiger partial charge is 0.356 e. The van der Waals surface area contributed by atoms with E-state index in [1.807, 2.05) is 41.8 Å². The Morgan fingerprint density at radius 2 is 1.75 bits per heavy atom. The molecule has 0 radical (unpaired) electrons. The van der Waals surface area contributed by atoms with Crippen LogP contribution in [0.1, 0.15) is 34.1 Å². The Morgan fingerprint density at radius 1 is 1.04 bits per heavy atom. The predicted molar refractivity (Wildman–Crippen MR) is 99.5 cm³/mol. The molecule has 0 fully saturated rings. The van der Waals surface area contributed by atoms with Gasteiger partial charge in [0.2, 0.25) is 5.91 Å². The van der Waals surface area contributed by atoms with E-state index in [9.17, 15) is 9.59 Å². The third kappa shape index (κ3) is 6.70. The Labute approximate surface area is 152 Å². The molecule has 130 valence electrons. The van der Waals surface area contributed by atoms with Crippen molar-refractivity contribution in [3.05, 3.63) is 58.3 Å². The van der Waals surface area contributed by atoms with Crippen molar-refractivity contribution >= 4 is 35.6 Å². The molecule has 24 heavy (non-hydrogen) atoms. The molecule has 0 saturated heterocycles. The van der Waals surface area contributed by atoms with Gasteiger partial charge in [0.1, 0.15) is 0 Å². The monoisotopic (exact) mass is 367 g/mol. The van der Waals surface area contributed by atoms with Gasteiger partial charge in [-0.15, -0.1) is 23.7 Å². The minimum absolute atomic E-state index is 0. The lowest BCUT2D eigenvalue weighted by Crippen LogP contribution is -2.31. The number of carbonyl (C=O) groups is 2.